The number of benzene rings is 1. The van der Waals surface area contributed by atoms with Crippen molar-refractivity contribution in [3.05, 3.63) is 47.8 Å². The fourth-order valence-corrected chi connectivity index (χ4v) is 3.52. The van der Waals surface area contributed by atoms with Crippen LogP contribution in [-0.4, -0.2) is 38.0 Å². The minimum atomic E-state index is -3.84. The summed E-state index contributed by atoms with van der Waals surface area (Å²) in [5.41, 5.74) is 1.80. The van der Waals surface area contributed by atoms with Gasteiger partial charge < -0.3 is 14.6 Å². The van der Waals surface area contributed by atoms with E-state index in [1.807, 2.05) is 25.1 Å². The second-order valence-electron chi connectivity index (χ2n) is 5.96. The molecule has 0 saturated heterocycles. The zero-order chi connectivity index (χ0) is 20.0. The number of esters is 1. The summed E-state index contributed by atoms with van der Waals surface area (Å²) in [5.74, 6) is -0.900. The highest BCUT2D eigenvalue weighted by atomic mass is 32.2. The number of hydrogen-bond donors (Lipinski definition) is 2. The Balaban J connectivity index is 1.94. The normalized spacial score (nSPS) is 11.2. The Kier molecular flexibility index (Phi) is 6.75. The van der Waals surface area contributed by atoms with Crippen LogP contribution < -0.4 is 10.0 Å². The van der Waals surface area contributed by atoms with Gasteiger partial charge in [0, 0.05) is 31.9 Å². The first-order chi connectivity index (χ1) is 12.7. The van der Waals surface area contributed by atoms with Crippen LogP contribution in [0.2, 0.25) is 0 Å². The SMILES string of the molecule is CCOC(=O)c1cc(S(=O)(=O)NCCC(=O)Nc2cccc(C)c2)cn1C. The lowest BCUT2D eigenvalue weighted by molar-refractivity contribution is -0.116. The van der Waals surface area contributed by atoms with Gasteiger partial charge in [-0.15, -0.1) is 0 Å². The molecule has 0 radical (unpaired) electrons. The minimum Gasteiger partial charge on any atom is -0.461 e. The number of hydrogen-bond acceptors (Lipinski definition) is 5. The molecule has 1 amide bonds. The average Bonchev–Trinajstić information content (AvgIpc) is 2.98. The summed E-state index contributed by atoms with van der Waals surface area (Å²) < 4.78 is 33.3. The van der Waals surface area contributed by atoms with Crippen LogP contribution in [0.1, 0.15) is 29.4 Å². The second kappa shape index (κ2) is 8.83. The van der Waals surface area contributed by atoms with Crippen molar-refractivity contribution in [2.45, 2.75) is 25.2 Å². The van der Waals surface area contributed by atoms with Crippen LogP contribution in [0.25, 0.3) is 0 Å². The Morgan fingerprint density at radius 3 is 2.63 bits per heavy atom. The van der Waals surface area contributed by atoms with E-state index in [1.165, 1.54) is 16.8 Å². The molecular weight excluding hydrogens is 370 g/mol. The molecule has 2 rings (SSSR count). The van der Waals surface area contributed by atoms with E-state index < -0.39 is 16.0 Å². The number of amides is 1. The van der Waals surface area contributed by atoms with Crippen molar-refractivity contribution in [1.82, 2.24) is 9.29 Å². The molecule has 8 nitrogen and oxygen atoms in total. The van der Waals surface area contributed by atoms with Gasteiger partial charge in [-0.05, 0) is 37.6 Å². The van der Waals surface area contributed by atoms with E-state index in [0.29, 0.717) is 5.69 Å². The number of carbonyl (C=O) groups excluding carboxylic acids is 2. The molecule has 0 atom stereocenters. The lowest BCUT2D eigenvalue weighted by atomic mass is 10.2. The van der Waals surface area contributed by atoms with E-state index in [2.05, 4.69) is 10.0 Å². The van der Waals surface area contributed by atoms with Crippen molar-refractivity contribution >= 4 is 27.6 Å². The summed E-state index contributed by atoms with van der Waals surface area (Å²) in [7, 11) is -2.29. The number of aryl methyl sites for hydroxylation is 2. The van der Waals surface area contributed by atoms with Crippen LogP contribution >= 0.6 is 0 Å². The van der Waals surface area contributed by atoms with Crippen LogP contribution in [0.4, 0.5) is 5.69 Å². The van der Waals surface area contributed by atoms with Gasteiger partial charge in [-0.2, -0.15) is 0 Å². The molecule has 9 heteroatoms. The summed E-state index contributed by atoms with van der Waals surface area (Å²) >= 11 is 0. The van der Waals surface area contributed by atoms with Crippen LogP contribution in [0, 0.1) is 6.92 Å². The first kappa shape index (κ1) is 20.7. The van der Waals surface area contributed by atoms with Gasteiger partial charge in [-0.1, -0.05) is 12.1 Å². The lowest BCUT2D eigenvalue weighted by Crippen LogP contribution is -2.27. The predicted molar refractivity (Wildman–Crippen MR) is 101 cm³/mol. The second-order valence-corrected chi connectivity index (χ2v) is 7.72. The molecule has 0 unspecified atom stereocenters. The summed E-state index contributed by atoms with van der Waals surface area (Å²) in [6.45, 7) is 3.71. The van der Waals surface area contributed by atoms with Gasteiger partial charge in [0.25, 0.3) is 0 Å². The molecule has 146 valence electrons. The fraction of sp³-hybridized carbons (Fsp3) is 0.333. The van der Waals surface area contributed by atoms with E-state index in [1.54, 1.807) is 20.0 Å². The van der Waals surface area contributed by atoms with Crippen LogP contribution in [0.15, 0.2) is 41.4 Å². The molecule has 0 spiro atoms. The third-order valence-corrected chi connectivity index (χ3v) is 5.15. The molecule has 0 aliphatic carbocycles. The third-order valence-electron chi connectivity index (χ3n) is 3.72. The largest absolute Gasteiger partial charge is 0.461 e. The highest BCUT2D eigenvalue weighted by molar-refractivity contribution is 7.89. The fourth-order valence-electron chi connectivity index (χ4n) is 2.42. The van der Waals surface area contributed by atoms with E-state index in [-0.39, 0.29) is 36.1 Å². The summed E-state index contributed by atoms with van der Waals surface area (Å²) in [6, 6.07) is 8.56. The Morgan fingerprint density at radius 2 is 1.96 bits per heavy atom. The highest BCUT2D eigenvalue weighted by Gasteiger charge is 2.21. The standard InChI is InChI=1S/C18H23N3O5S/c1-4-26-18(23)16-11-15(12-21(16)3)27(24,25)19-9-8-17(22)20-14-7-5-6-13(2)10-14/h5-7,10-12,19H,4,8-9H2,1-3H3,(H,20,22). The molecular formula is C18H23N3O5S. The summed E-state index contributed by atoms with van der Waals surface area (Å²) in [5, 5.41) is 2.71. The Labute approximate surface area is 158 Å². The van der Waals surface area contributed by atoms with E-state index in [0.717, 1.165) is 5.56 Å². The van der Waals surface area contributed by atoms with Gasteiger partial charge in [-0.25, -0.2) is 17.9 Å². The first-order valence-electron chi connectivity index (χ1n) is 8.42. The number of ether oxygens (including phenoxy) is 1. The van der Waals surface area contributed by atoms with Crippen molar-refractivity contribution in [1.29, 1.82) is 0 Å². The van der Waals surface area contributed by atoms with Crippen LogP contribution in [-0.2, 0) is 26.6 Å². The zero-order valence-electron chi connectivity index (χ0n) is 15.5. The van der Waals surface area contributed by atoms with Crippen LogP contribution in [0.3, 0.4) is 0 Å². The number of nitrogens with zero attached hydrogens (tertiary/aromatic N) is 1. The maximum Gasteiger partial charge on any atom is 0.354 e. The van der Waals surface area contributed by atoms with E-state index in [4.69, 9.17) is 4.74 Å². The summed E-state index contributed by atoms with van der Waals surface area (Å²) in [6.07, 6.45) is 1.30. The number of rotatable bonds is 8. The van der Waals surface area contributed by atoms with Gasteiger partial charge >= 0.3 is 5.97 Å². The highest BCUT2D eigenvalue weighted by Crippen LogP contribution is 2.14. The molecule has 27 heavy (non-hydrogen) atoms. The van der Waals surface area contributed by atoms with Gasteiger partial charge in [0.05, 0.1) is 6.61 Å². The molecule has 1 aromatic heterocycles. The zero-order valence-corrected chi connectivity index (χ0v) is 16.3. The number of nitrogens with one attached hydrogen (secondary N) is 2. The smallest absolute Gasteiger partial charge is 0.354 e. The third kappa shape index (κ3) is 5.66. The van der Waals surface area contributed by atoms with Crippen molar-refractivity contribution in [3.63, 3.8) is 0 Å². The van der Waals surface area contributed by atoms with E-state index >= 15 is 0 Å². The number of sulfonamides is 1. The molecule has 0 aliphatic heterocycles. The molecule has 0 bridgehead atoms. The minimum absolute atomic E-state index is 0.0231. The number of anilines is 1. The maximum atomic E-state index is 12.4. The number of carbonyl (C=O) groups is 2. The van der Waals surface area contributed by atoms with Crippen molar-refractivity contribution in [2.75, 3.05) is 18.5 Å². The quantitative estimate of drug-likeness (QED) is 0.666. The van der Waals surface area contributed by atoms with Crippen molar-refractivity contribution in [3.8, 4) is 0 Å². The summed E-state index contributed by atoms with van der Waals surface area (Å²) in [4.78, 5) is 23.7. The average molecular weight is 393 g/mol. The van der Waals surface area contributed by atoms with Gasteiger partial charge in [0.15, 0.2) is 0 Å². The molecule has 0 aliphatic rings. The molecule has 0 fully saturated rings. The molecule has 1 heterocycles. The monoisotopic (exact) mass is 393 g/mol. The van der Waals surface area contributed by atoms with Gasteiger partial charge in [-0.3, -0.25) is 4.79 Å². The van der Waals surface area contributed by atoms with E-state index in [9.17, 15) is 18.0 Å². The molecule has 0 saturated carbocycles. The van der Waals surface area contributed by atoms with Gasteiger partial charge in [0.1, 0.15) is 10.6 Å². The molecule has 2 N–H and O–H groups in total. The topological polar surface area (TPSA) is 106 Å². The predicted octanol–water partition coefficient (Wildman–Crippen LogP) is 1.82. The van der Waals surface area contributed by atoms with Crippen molar-refractivity contribution in [2.24, 2.45) is 7.05 Å². The molecule has 1 aromatic carbocycles. The van der Waals surface area contributed by atoms with Crippen molar-refractivity contribution < 1.29 is 22.7 Å². The van der Waals surface area contributed by atoms with Crippen LogP contribution in [0.5, 0.6) is 0 Å². The Morgan fingerprint density at radius 1 is 1.22 bits per heavy atom. The molecule has 2 aromatic rings. The van der Waals surface area contributed by atoms with Gasteiger partial charge in [0.2, 0.25) is 15.9 Å². The first-order valence-corrected chi connectivity index (χ1v) is 9.91. The Hall–Kier alpha value is -2.65. The Bertz CT molecular complexity index is 934. The maximum absolute atomic E-state index is 12.4. The number of aromatic nitrogens is 1. The lowest BCUT2D eigenvalue weighted by Gasteiger charge is -2.07.